The van der Waals surface area contributed by atoms with Gasteiger partial charge in [0.2, 0.25) is 12.7 Å². The highest BCUT2D eigenvalue weighted by atomic mass is 19.1. The number of amides is 2. The van der Waals surface area contributed by atoms with E-state index in [4.69, 9.17) is 18.9 Å². The maximum atomic E-state index is 13.4. The van der Waals surface area contributed by atoms with Crippen LogP contribution in [0, 0.1) is 5.82 Å². The fourth-order valence-corrected chi connectivity index (χ4v) is 5.33. The monoisotopic (exact) mass is 534 g/mol. The molecule has 3 aromatic carbocycles. The van der Waals surface area contributed by atoms with Crippen LogP contribution in [0.4, 0.5) is 10.1 Å². The van der Waals surface area contributed by atoms with Crippen LogP contribution in [0.15, 0.2) is 60.7 Å². The molecule has 6 rings (SSSR count). The molecule has 2 amide bonds. The van der Waals surface area contributed by atoms with Gasteiger partial charge in [0.25, 0.3) is 5.91 Å². The van der Waals surface area contributed by atoms with Gasteiger partial charge in [-0.05, 0) is 60.5 Å². The Balaban J connectivity index is 1.13. The molecule has 0 radical (unpaired) electrons. The first-order chi connectivity index (χ1) is 19.0. The smallest absolute Gasteiger partial charge is 0.255 e. The Bertz CT molecular complexity index is 1410. The first kappa shape index (κ1) is 25.1. The predicted molar refractivity (Wildman–Crippen MR) is 137 cm³/mol. The second-order valence-electron chi connectivity index (χ2n) is 9.79. The predicted octanol–water partition coefficient (Wildman–Crippen LogP) is 3.51. The van der Waals surface area contributed by atoms with Crippen molar-refractivity contribution in [3.63, 3.8) is 0 Å². The number of hydrogen-bond acceptors (Lipinski definition) is 7. The number of aliphatic hydroxyl groups excluding tert-OH is 1. The third kappa shape index (κ3) is 5.25. The van der Waals surface area contributed by atoms with E-state index in [1.165, 1.54) is 12.1 Å². The molecule has 9 nitrogen and oxygen atoms in total. The van der Waals surface area contributed by atoms with Gasteiger partial charge in [-0.2, -0.15) is 0 Å². The van der Waals surface area contributed by atoms with E-state index < -0.39 is 18.3 Å². The summed E-state index contributed by atoms with van der Waals surface area (Å²) in [6, 6.07) is 16.5. The van der Waals surface area contributed by atoms with E-state index in [2.05, 4.69) is 10.6 Å². The third-order valence-electron chi connectivity index (χ3n) is 7.18. The minimum atomic E-state index is -0.608. The topological polar surface area (TPSA) is 115 Å². The van der Waals surface area contributed by atoms with Crippen LogP contribution in [-0.4, -0.2) is 48.6 Å². The van der Waals surface area contributed by atoms with E-state index in [1.807, 2.05) is 6.07 Å². The van der Waals surface area contributed by atoms with Crippen LogP contribution < -0.4 is 24.8 Å². The molecule has 1 fully saturated rings. The number of aliphatic hydroxyl groups is 1. The Kier molecular flexibility index (Phi) is 6.80. The molecule has 0 saturated carbocycles. The van der Waals surface area contributed by atoms with Crippen molar-refractivity contribution in [3.05, 3.63) is 83.2 Å². The van der Waals surface area contributed by atoms with Crippen LogP contribution in [0.3, 0.4) is 0 Å². The number of carbonyl (C=O) groups excluding carboxylic acids is 2. The lowest BCUT2D eigenvalue weighted by Gasteiger charge is -2.37. The normalized spacial score (nSPS) is 22.4. The average molecular weight is 535 g/mol. The van der Waals surface area contributed by atoms with Gasteiger partial charge >= 0.3 is 0 Å². The lowest BCUT2D eigenvalue weighted by molar-refractivity contribution is -0.142. The van der Waals surface area contributed by atoms with Crippen molar-refractivity contribution in [3.8, 4) is 17.2 Å². The molecule has 39 heavy (non-hydrogen) atoms. The Morgan fingerprint density at radius 1 is 1.00 bits per heavy atom. The summed E-state index contributed by atoms with van der Waals surface area (Å²) in [5.74, 6) is 0.762. The van der Waals surface area contributed by atoms with Crippen LogP contribution >= 0.6 is 0 Å². The lowest BCUT2D eigenvalue weighted by atomic mass is 9.84. The number of fused-ring (bicyclic) bond motifs is 4. The van der Waals surface area contributed by atoms with Gasteiger partial charge in [-0.1, -0.05) is 12.1 Å². The Hall–Kier alpha value is -4.15. The van der Waals surface area contributed by atoms with Gasteiger partial charge in [-0.25, -0.2) is 4.39 Å². The van der Waals surface area contributed by atoms with Gasteiger partial charge in [0, 0.05) is 29.3 Å². The molecule has 4 atom stereocenters. The minimum absolute atomic E-state index is 0.0882. The van der Waals surface area contributed by atoms with E-state index in [0.29, 0.717) is 40.5 Å². The van der Waals surface area contributed by atoms with E-state index in [1.54, 1.807) is 42.5 Å². The first-order valence-electron chi connectivity index (χ1n) is 12.8. The molecular weight excluding hydrogens is 507 g/mol. The van der Waals surface area contributed by atoms with Gasteiger partial charge in [0.1, 0.15) is 23.8 Å². The van der Waals surface area contributed by atoms with Crippen molar-refractivity contribution < 1.29 is 38.0 Å². The molecule has 3 aliphatic rings. The molecule has 0 aromatic heterocycles. The fraction of sp³-hybridized carbons (Fsp3) is 0.310. The van der Waals surface area contributed by atoms with Crippen molar-refractivity contribution in [2.75, 3.05) is 18.7 Å². The summed E-state index contributed by atoms with van der Waals surface area (Å²) >= 11 is 0. The highest BCUT2D eigenvalue weighted by molar-refractivity contribution is 6.04. The van der Waals surface area contributed by atoms with Gasteiger partial charge < -0.3 is 34.7 Å². The average Bonchev–Trinajstić information content (AvgIpc) is 3.55. The maximum Gasteiger partial charge on any atom is 0.255 e. The Labute approximate surface area is 223 Å². The molecule has 3 heterocycles. The van der Waals surface area contributed by atoms with E-state index in [9.17, 15) is 19.1 Å². The van der Waals surface area contributed by atoms with Gasteiger partial charge in [0.05, 0.1) is 19.1 Å². The minimum Gasteiger partial charge on any atom is -0.487 e. The molecule has 1 saturated heterocycles. The summed E-state index contributed by atoms with van der Waals surface area (Å²) in [6.07, 6.45) is -0.871. The standard InChI is InChI=1S/C29H27FN2O7/c30-18-3-1-2-16(8-18)13-31-27(34)12-20-11-22-21-10-19(5-7-23(21)39-28(22)26(14-33)38-20)32-29(35)17-4-6-24-25(9-17)37-15-36-24/h1-10,20,22,26,28,33H,11-15H2,(H,31,34)(H,32,35)/t20-,22-,26+,28+/m1/s1. The number of hydrogen-bond donors (Lipinski definition) is 3. The highest BCUT2D eigenvalue weighted by Gasteiger charge is 2.46. The summed E-state index contributed by atoms with van der Waals surface area (Å²) in [6.45, 7) is 0.0729. The number of rotatable bonds is 7. The van der Waals surface area contributed by atoms with Crippen molar-refractivity contribution >= 4 is 17.5 Å². The SMILES string of the molecule is O=C(C[C@H]1C[C@@H]2c3cc(NC(=O)c4ccc5c(c4)OCO5)ccc3O[C@@H]2[C@H](CO)O1)NCc1cccc(F)c1. The summed E-state index contributed by atoms with van der Waals surface area (Å²) in [5.41, 5.74) is 2.58. The van der Waals surface area contributed by atoms with Gasteiger partial charge in [0.15, 0.2) is 11.5 Å². The quantitative estimate of drug-likeness (QED) is 0.425. The van der Waals surface area contributed by atoms with E-state index >= 15 is 0 Å². The van der Waals surface area contributed by atoms with Crippen LogP contribution in [0.5, 0.6) is 17.2 Å². The fourth-order valence-electron chi connectivity index (χ4n) is 5.33. The molecule has 0 unspecified atom stereocenters. The molecule has 3 aromatic rings. The number of carbonyl (C=O) groups is 2. The van der Waals surface area contributed by atoms with Crippen molar-refractivity contribution in [1.82, 2.24) is 5.32 Å². The van der Waals surface area contributed by atoms with E-state index in [0.717, 1.165) is 5.56 Å². The molecule has 0 spiro atoms. The van der Waals surface area contributed by atoms with Gasteiger partial charge in [-0.15, -0.1) is 0 Å². The summed E-state index contributed by atoms with van der Waals surface area (Å²) in [7, 11) is 0. The first-order valence-corrected chi connectivity index (χ1v) is 12.8. The zero-order valence-electron chi connectivity index (χ0n) is 20.9. The van der Waals surface area contributed by atoms with Crippen LogP contribution in [0.25, 0.3) is 0 Å². The summed E-state index contributed by atoms with van der Waals surface area (Å²) in [4.78, 5) is 25.5. The summed E-state index contributed by atoms with van der Waals surface area (Å²) in [5, 5.41) is 15.7. The summed E-state index contributed by atoms with van der Waals surface area (Å²) < 4.78 is 36.2. The third-order valence-corrected chi connectivity index (χ3v) is 7.18. The number of benzene rings is 3. The second kappa shape index (κ2) is 10.5. The Morgan fingerprint density at radius 3 is 2.69 bits per heavy atom. The van der Waals surface area contributed by atoms with Crippen molar-refractivity contribution in [1.29, 1.82) is 0 Å². The van der Waals surface area contributed by atoms with Crippen molar-refractivity contribution in [2.24, 2.45) is 0 Å². The number of nitrogens with one attached hydrogen (secondary N) is 2. The van der Waals surface area contributed by atoms with E-state index in [-0.39, 0.29) is 49.9 Å². The molecular formula is C29H27FN2O7. The zero-order chi connectivity index (χ0) is 26.9. The Morgan fingerprint density at radius 2 is 1.85 bits per heavy atom. The van der Waals surface area contributed by atoms with Crippen LogP contribution in [0.1, 0.15) is 40.2 Å². The zero-order valence-corrected chi connectivity index (χ0v) is 20.9. The second-order valence-corrected chi connectivity index (χ2v) is 9.79. The number of anilines is 1. The molecule has 202 valence electrons. The number of ether oxygens (including phenoxy) is 4. The molecule has 3 aliphatic heterocycles. The van der Waals surface area contributed by atoms with Crippen LogP contribution in [0.2, 0.25) is 0 Å². The van der Waals surface area contributed by atoms with Crippen molar-refractivity contribution in [2.45, 2.75) is 43.6 Å². The van der Waals surface area contributed by atoms with Crippen LogP contribution in [-0.2, 0) is 16.1 Å². The molecule has 3 N–H and O–H groups in total. The number of halogens is 1. The lowest BCUT2D eigenvalue weighted by Crippen LogP contribution is -2.47. The largest absolute Gasteiger partial charge is 0.487 e. The molecule has 0 aliphatic carbocycles. The van der Waals surface area contributed by atoms with Gasteiger partial charge in [-0.3, -0.25) is 9.59 Å². The maximum absolute atomic E-state index is 13.4. The molecule has 10 heteroatoms. The highest BCUT2D eigenvalue weighted by Crippen LogP contribution is 2.47. The molecule has 0 bridgehead atoms.